The number of carbonyl (C=O) groups is 1. The Morgan fingerprint density at radius 2 is 1.97 bits per heavy atom. The van der Waals surface area contributed by atoms with Crippen molar-refractivity contribution in [2.45, 2.75) is 45.3 Å². The van der Waals surface area contributed by atoms with Gasteiger partial charge in [0.2, 0.25) is 5.88 Å². The molecule has 7 heteroatoms. The number of aliphatic hydroxyl groups excluding tert-OH is 1. The molecule has 7 nitrogen and oxygen atoms in total. The number of likely N-dealkylation sites (N-methyl/N-ethyl adjacent to an activating group) is 1. The fourth-order valence-corrected chi connectivity index (χ4v) is 4.98. The Kier molecular flexibility index (Phi) is 9.56. The Labute approximate surface area is 220 Å². The number of carbonyl (C=O) groups excluding carboxylic acids is 1. The lowest BCUT2D eigenvalue weighted by atomic mass is 9.97. The average molecular weight is 506 g/mol. The van der Waals surface area contributed by atoms with E-state index in [4.69, 9.17) is 9.47 Å². The first-order chi connectivity index (χ1) is 17.9. The van der Waals surface area contributed by atoms with Crippen molar-refractivity contribution in [1.29, 1.82) is 0 Å². The normalized spacial score (nSPS) is 21.3. The smallest absolute Gasteiger partial charge is 0.259 e. The zero-order chi connectivity index (χ0) is 26.2. The van der Waals surface area contributed by atoms with Crippen LogP contribution < -0.4 is 4.74 Å². The van der Waals surface area contributed by atoms with E-state index in [1.165, 1.54) is 0 Å². The van der Waals surface area contributed by atoms with E-state index in [1.807, 2.05) is 37.3 Å². The van der Waals surface area contributed by atoms with Gasteiger partial charge in [0.15, 0.2) is 0 Å². The van der Waals surface area contributed by atoms with Gasteiger partial charge in [0.1, 0.15) is 11.7 Å². The molecule has 1 aromatic heterocycles. The van der Waals surface area contributed by atoms with Crippen molar-refractivity contribution >= 4 is 5.91 Å². The molecule has 2 aliphatic rings. The number of amides is 1. The van der Waals surface area contributed by atoms with Gasteiger partial charge in [-0.15, -0.1) is 0 Å². The van der Waals surface area contributed by atoms with Crippen LogP contribution in [0.1, 0.15) is 48.2 Å². The molecule has 3 atom stereocenters. The molecule has 1 saturated heterocycles. The van der Waals surface area contributed by atoms with Crippen molar-refractivity contribution in [3.63, 3.8) is 0 Å². The molecule has 1 aromatic carbocycles. The monoisotopic (exact) mass is 505 g/mol. The molecule has 2 aliphatic heterocycles. The molecule has 0 unspecified atom stereocenters. The van der Waals surface area contributed by atoms with Crippen LogP contribution in [0.3, 0.4) is 0 Å². The minimum absolute atomic E-state index is 0.0652. The van der Waals surface area contributed by atoms with Crippen LogP contribution in [0.2, 0.25) is 0 Å². The minimum Gasteiger partial charge on any atom is -0.472 e. The third kappa shape index (κ3) is 7.32. The largest absolute Gasteiger partial charge is 0.472 e. The van der Waals surface area contributed by atoms with Gasteiger partial charge in [0.05, 0.1) is 12.6 Å². The number of rotatable bonds is 7. The van der Waals surface area contributed by atoms with Gasteiger partial charge in [0.25, 0.3) is 5.91 Å². The number of aliphatic hydroxyl groups is 1. The Morgan fingerprint density at radius 3 is 2.70 bits per heavy atom. The second kappa shape index (κ2) is 13.0. The van der Waals surface area contributed by atoms with Gasteiger partial charge in [-0.1, -0.05) is 49.1 Å². The highest BCUT2D eigenvalue weighted by Gasteiger charge is 2.34. The molecule has 1 N–H and O–H groups in total. The zero-order valence-electron chi connectivity index (χ0n) is 22.2. The molecule has 0 radical (unpaired) electrons. The van der Waals surface area contributed by atoms with E-state index in [-0.39, 0.29) is 30.6 Å². The number of aromatic nitrogens is 1. The van der Waals surface area contributed by atoms with Gasteiger partial charge in [-0.25, -0.2) is 4.98 Å². The summed E-state index contributed by atoms with van der Waals surface area (Å²) in [7, 11) is 2.13. The number of benzene rings is 1. The summed E-state index contributed by atoms with van der Waals surface area (Å²) in [6.07, 6.45) is 4.32. The summed E-state index contributed by atoms with van der Waals surface area (Å²) < 4.78 is 11.9. The second-order valence-corrected chi connectivity index (χ2v) is 10.4. The van der Waals surface area contributed by atoms with Crippen LogP contribution in [0, 0.1) is 23.7 Å². The molecule has 3 heterocycles. The van der Waals surface area contributed by atoms with Crippen LogP contribution >= 0.6 is 0 Å². The maximum Gasteiger partial charge on any atom is 0.259 e. The third-order valence-electron chi connectivity index (χ3n) is 7.29. The molecule has 2 aromatic rings. The zero-order valence-corrected chi connectivity index (χ0v) is 22.2. The maximum atomic E-state index is 13.6. The van der Waals surface area contributed by atoms with Crippen LogP contribution in [0.25, 0.3) is 0 Å². The van der Waals surface area contributed by atoms with Crippen molar-refractivity contribution in [2.75, 3.05) is 46.5 Å². The Balaban J connectivity index is 1.55. The molecular weight excluding hydrogens is 466 g/mol. The number of fused-ring (bicyclic) bond motifs is 1. The lowest BCUT2D eigenvalue weighted by Crippen LogP contribution is -2.50. The van der Waals surface area contributed by atoms with E-state index < -0.39 is 0 Å². The highest BCUT2D eigenvalue weighted by atomic mass is 16.5. The van der Waals surface area contributed by atoms with Gasteiger partial charge in [-0.3, -0.25) is 4.79 Å². The topological polar surface area (TPSA) is 75.1 Å². The fourth-order valence-electron chi connectivity index (χ4n) is 4.98. The van der Waals surface area contributed by atoms with Crippen LogP contribution in [0.5, 0.6) is 5.88 Å². The number of ether oxygens (including phenoxy) is 2. The SMILES string of the molecule is C[C@@H]1CN([C@@H](C)CO)C(=O)c2cc(C#CCc3ccccc3)cnc2O[C@H]1CN(C)CC1CCOCC1. The summed E-state index contributed by atoms with van der Waals surface area (Å²) in [5.41, 5.74) is 2.21. The Morgan fingerprint density at radius 1 is 1.22 bits per heavy atom. The van der Waals surface area contributed by atoms with Gasteiger partial charge < -0.3 is 24.4 Å². The van der Waals surface area contributed by atoms with Crippen LogP contribution in [-0.4, -0.2) is 84.4 Å². The Bertz CT molecular complexity index is 1090. The van der Waals surface area contributed by atoms with E-state index in [0.717, 1.165) is 44.7 Å². The van der Waals surface area contributed by atoms with Crippen molar-refractivity contribution in [3.05, 3.63) is 59.3 Å². The number of pyridine rings is 1. The molecule has 1 fully saturated rings. The second-order valence-electron chi connectivity index (χ2n) is 10.4. The standard InChI is InChI=1S/C30H39N3O4/c1-22-18-33(23(2)21-34)30(35)27-16-26(11-7-10-24-8-5-4-6-9-24)17-31-29(27)37-28(22)20-32(3)19-25-12-14-36-15-13-25/h4-6,8-9,16-17,22-23,25,28,34H,10,12-15,18-21H2,1-3H3/t22-,23+,28+/m1/s1. The predicted octanol–water partition coefficient (Wildman–Crippen LogP) is 3.25. The summed E-state index contributed by atoms with van der Waals surface area (Å²) in [5, 5.41) is 9.89. The summed E-state index contributed by atoms with van der Waals surface area (Å²) in [6.45, 7) is 7.75. The minimum atomic E-state index is -0.311. The number of nitrogens with zero attached hydrogens (tertiary/aromatic N) is 3. The highest BCUT2D eigenvalue weighted by molar-refractivity contribution is 5.97. The fraction of sp³-hybridized carbons (Fsp3) is 0.533. The maximum absolute atomic E-state index is 13.6. The lowest BCUT2D eigenvalue weighted by molar-refractivity contribution is 0.0254. The quantitative estimate of drug-likeness (QED) is 0.583. The summed E-state index contributed by atoms with van der Waals surface area (Å²) in [5.74, 6) is 7.17. The Hall–Kier alpha value is -2.92. The van der Waals surface area contributed by atoms with Gasteiger partial charge in [0, 0.05) is 56.9 Å². The van der Waals surface area contributed by atoms with E-state index >= 15 is 0 Å². The van der Waals surface area contributed by atoms with E-state index in [1.54, 1.807) is 17.2 Å². The summed E-state index contributed by atoms with van der Waals surface area (Å²) >= 11 is 0. The van der Waals surface area contributed by atoms with Crippen molar-refractivity contribution in [3.8, 4) is 17.7 Å². The first-order valence-electron chi connectivity index (χ1n) is 13.3. The van der Waals surface area contributed by atoms with Gasteiger partial charge in [-0.2, -0.15) is 0 Å². The van der Waals surface area contributed by atoms with Crippen molar-refractivity contribution < 1.29 is 19.4 Å². The predicted molar refractivity (Wildman–Crippen MR) is 143 cm³/mol. The molecule has 4 rings (SSSR count). The van der Waals surface area contributed by atoms with Crippen LogP contribution in [0.4, 0.5) is 0 Å². The van der Waals surface area contributed by atoms with Gasteiger partial charge >= 0.3 is 0 Å². The average Bonchev–Trinajstić information content (AvgIpc) is 2.91. The molecule has 0 bridgehead atoms. The van der Waals surface area contributed by atoms with Crippen molar-refractivity contribution in [1.82, 2.24) is 14.8 Å². The van der Waals surface area contributed by atoms with E-state index in [2.05, 4.69) is 35.7 Å². The molecule has 0 aliphatic carbocycles. The number of hydrogen-bond acceptors (Lipinski definition) is 6. The first kappa shape index (κ1) is 27.1. The molecular formula is C30H39N3O4. The van der Waals surface area contributed by atoms with Gasteiger partial charge in [-0.05, 0) is 44.4 Å². The first-order valence-corrected chi connectivity index (χ1v) is 13.3. The van der Waals surface area contributed by atoms with E-state index in [9.17, 15) is 9.90 Å². The lowest BCUT2D eigenvalue weighted by Gasteiger charge is -2.38. The molecule has 198 valence electrons. The van der Waals surface area contributed by atoms with Crippen LogP contribution in [-0.2, 0) is 11.2 Å². The summed E-state index contributed by atoms with van der Waals surface area (Å²) in [4.78, 5) is 22.2. The molecule has 0 spiro atoms. The molecule has 37 heavy (non-hydrogen) atoms. The molecule has 1 amide bonds. The molecule has 0 saturated carbocycles. The highest BCUT2D eigenvalue weighted by Crippen LogP contribution is 2.27. The summed E-state index contributed by atoms with van der Waals surface area (Å²) in [6, 6.07) is 11.5. The van der Waals surface area contributed by atoms with E-state index in [0.29, 0.717) is 35.9 Å². The van der Waals surface area contributed by atoms with Crippen LogP contribution in [0.15, 0.2) is 42.6 Å². The third-order valence-corrected chi connectivity index (χ3v) is 7.29. The number of hydrogen-bond donors (Lipinski definition) is 1. The van der Waals surface area contributed by atoms with Crippen molar-refractivity contribution in [2.24, 2.45) is 11.8 Å².